The van der Waals surface area contributed by atoms with E-state index >= 15 is 0 Å². The Morgan fingerprint density at radius 1 is 0.795 bits per heavy atom. The molecule has 196 valence electrons. The first kappa shape index (κ1) is 26.0. The summed E-state index contributed by atoms with van der Waals surface area (Å²) in [5.74, 6) is -0.161. The van der Waals surface area contributed by atoms with E-state index in [2.05, 4.69) is 59.3 Å². The van der Waals surface area contributed by atoms with Crippen LogP contribution in [0.2, 0.25) is 0 Å². The lowest BCUT2D eigenvalue weighted by atomic mass is 10.0. The molecule has 0 spiro atoms. The molecule has 0 radical (unpaired) electrons. The maximum Gasteiger partial charge on any atom is 0.328 e. The van der Waals surface area contributed by atoms with Crippen molar-refractivity contribution < 1.29 is 19.4 Å². The number of aromatic nitrogens is 1. The summed E-state index contributed by atoms with van der Waals surface area (Å²) in [4.78, 5) is 11.0. The SMILES string of the molecule is O=C(O)/C=C/c1ccc2c(c1)c(CCc1ccccc1)cn2-c1ccc(OCCOCc2ccccc2)cc1. The predicted molar refractivity (Wildman–Crippen MR) is 155 cm³/mol. The Balaban J connectivity index is 1.30. The number of ether oxygens (including phenoxy) is 2. The van der Waals surface area contributed by atoms with Crippen LogP contribution in [0.1, 0.15) is 22.3 Å². The zero-order valence-electron chi connectivity index (χ0n) is 21.7. The molecule has 0 fully saturated rings. The van der Waals surface area contributed by atoms with Crippen LogP contribution in [0.25, 0.3) is 22.7 Å². The summed E-state index contributed by atoms with van der Waals surface area (Å²) < 4.78 is 13.8. The standard InChI is InChI=1S/C34H31NO4/c36-34(37)20-13-27-12-19-33-32(23-27)29(14-11-26-7-3-1-4-8-26)24-35(33)30-15-17-31(18-16-30)39-22-21-38-25-28-9-5-2-6-10-28/h1-10,12-13,15-20,23-24H,11,14,21-22,25H2,(H,36,37)/b20-13+. The number of benzene rings is 4. The fourth-order valence-corrected chi connectivity index (χ4v) is 4.61. The van der Waals surface area contributed by atoms with E-state index in [-0.39, 0.29) is 0 Å². The van der Waals surface area contributed by atoms with E-state index in [1.807, 2.05) is 54.6 Å². The highest BCUT2D eigenvalue weighted by Gasteiger charge is 2.11. The van der Waals surface area contributed by atoms with Gasteiger partial charge in [0.25, 0.3) is 0 Å². The maximum absolute atomic E-state index is 11.0. The van der Waals surface area contributed by atoms with Crippen LogP contribution in [-0.2, 0) is 29.0 Å². The first-order valence-corrected chi connectivity index (χ1v) is 13.1. The van der Waals surface area contributed by atoms with E-state index < -0.39 is 5.97 Å². The molecule has 5 nitrogen and oxygen atoms in total. The van der Waals surface area contributed by atoms with E-state index in [0.717, 1.165) is 46.3 Å². The molecule has 5 aromatic rings. The Hall–Kier alpha value is -4.61. The monoisotopic (exact) mass is 517 g/mol. The van der Waals surface area contributed by atoms with E-state index in [0.29, 0.717) is 19.8 Å². The van der Waals surface area contributed by atoms with Crippen LogP contribution in [0.4, 0.5) is 0 Å². The summed E-state index contributed by atoms with van der Waals surface area (Å²) in [6.45, 7) is 1.57. The van der Waals surface area contributed by atoms with Crippen molar-refractivity contribution in [1.82, 2.24) is 4.57 Å². The van der Waals surface area contributed by atoms with Gasteiger partial charge in [-0.05, 0) is 77.6 Å². The third-order valence-electron chi connectivity index (χ3n) is 6.58. The lowest BCUT2D eigenvalue weighted by Crippen LogP contribution is -2.06. The highest BCUT2D eigenvalue weighted by Crippen LogP contribution is 2.28. The summed E-state index contributed by atoms with van der Waals surface area (Å²) in [5, 5.41) is 10.2. The summed E-state index contributed by atoms with van der Waals surface area (Å²) in [7, 11) is 0. The highest BCUT2D eigenvalue weighted by molar-refractivity contribution is 5.90. The number of carboxylic acid groups (broad SMARTS) is 1. The molecule has 5 rings (SSSR count). The zero-order valence-corrected chi connectivity index (χ0v) is 21.7. The molecule has 1 N–H and O–H groups in total. The van der Waals surface area contributed by atoms with Crippen LogP contribution in [0.3, 0.4) is 0 Å². The minimum atomic E-state index is -0.956. The second-order valence-electron chi connectivity index (χ2n) is 9.34. The number of hydrogen-bond acceptors (Lipinski definition) is 3. The van der Waals surface area contributed by atoms with Gasteiger partial charge in [-0.15, -0.1) is 0 Å². The van der Waals surface area contributed by atoms with E-state index in [1.54, 1.807) is 6.08 Å². The van der Waals surface area contributed by atoms with Gasteiger partial charge in [0.1, 0.15) is 12.4 Å². The normalized spacial score (nSPS) is 11.3. The fourth-order valence-electron chi connectivity index (χ4n) is 4.61. The number of rotatable bonds is 12. The van der Waals surface area contributed by atoms with Gasteiger partial charge in [0.2, 0.25) is 0 Å². The molecule has 4 aromatic carbocycles. The Bertz CT molecular complexity index is 1540. The molecule has 0 atom stereocenters. The van der Waals surface area contributed by atoms with Crippen molar-refractivity contribution in [3.8, 4) is 11.4 Å². The maximum atomic E-state index is 11.0. The van der Waals surface area contributed by atoms with Crippen molar-refractivity contribution in [2.45, 2.75) is 19.4 Å². The lowest BCUT2D eigenvalue weighted by molar-refractivity contribution is -0.131. The second kappa shape index (κ2) is 12.8. The van der Waals surface area contributed by atoms with E-state index in [1.165, 1.54) is 17.2 Å². The molecular weight excluding hydrogens is 486 g/mol. The molecule has 0 aliphatic carbocycles. The van der Waals surface area contributed by atoms with Crippen molar-refractivity contribution in [2.75, 3.05) is 13.2 Å². The molecule has 1 heterocycles. The molecule has 0 saturated carbocycles. The molecule has 0 amide bonds. The smallest absolute Gasteiger partial charge is 0.328 e. The summed E-state index contributed by atoms with van der Waals surface area (Å²) in [6.07, 6.45) is 6.80. The van der Waals surface area contributed by atoms with Crippen LogP contribution in [-0.4, -0.2) is 28.9 Å². The van der Waals surface area contributed by atoms with Crippen molar-refractivity contribution in [3.63, 3.8) is 0 Å². The Morgan fingerprint density at radius 3 is 2.23 bits per heavy atom. The summed E-state index contributed by atoms with van der Waals surface area (Å²) >= 11 is 0. The molecular formula is C34H31NO4. The first-order chi connectivity index (χ1) is 19.2. The lowest BCUT2D eigenvalue weighted by Gasteiger charge is -2.10. The largest absolute Gasteiger partial charge is 0.491 e. The van der Waals surface area contributed by atoms with E-state index in [4.69, 9.17) is 14.6 Å². The number of fused-ring (bicyclic) bond motifs is 1. The van der Waals surface area contributed by atoms with Gasteiger partial charge in [0, 0.05) is 23.3 Å². The summed E-state index contributed by atoms with van der Waals surface area (Å²) in [5.41, 5.74) is 6.63. The average Bonchev–Trinajstić information content (AvgIpc) is 3.34. The number of carboxylic acids is 1. The molecule has 39 heavy (non-hydrogen) atoms. The number of hydrogen-bond donors (Lipinski definition) is 1. The zero-order chi connectivity index (χ0) is 26.9. The third-order valence-corrected chi connectivity index (χ3v) is 6.58. The summed E-state index contributed by atoms with van der Waals surface area (Å²) in [6, 6.07) is 34.7. The minimum absolute atomic E-state index is 0.481. The van der Waals surface area contributed by atoms with Gasteiger partial charge < -0.3 is 19.1 Å². The van der Waals surface area contributed by atoms with Gasteiger partial charge in [-0.2, -0.15) is 0 Å². The Labute approximate surface area is 228 Å². The Kier molecular flexibility index (Phi) is 8.51. The van der Waals surface area contributed by atoms with Gasteiger partial charge in [-0.3, -0.25) is 0 Å². The first-order valence-electron chi connectivity index (χ1n) is 13.1. The van der Waals surface area contributed by atoms with Crippen molar-refractivity contribution in [1.29, 1.82) is 0 Å². The van der Waals surface area contributed by atoms with Crippen LogP contribution >= 0.6 is 0 Å². The third kappa shape index (κ3) is 7.03. The van der Waals surface area contributed by atoms with Crippen molar-refractivity contribution >= 4 is 22.9 Å². The van der Waals surface area contributed by atoms with Crippen molar-refractivity contribution in [2.24, 2.45) is 0 Å². The predicted octanol–water partition coefficient (Wildman–Crippen LogP) is 7.11. The molecule has 1 aromatic heterocycles. The fraction of sp³-hybridized carbons (Fsp3) is 0.147. The van der Waals surface area contributed by atoms with Gasteiger partial charge in [-0.25, -0.2) is 4.79 Å². The number of carbonyl (C=O) groups is 1. The average molecular weight is 518 g/mol. The topological polar surface area (TPSA) is 60.7 Å². The second-order valence-corrected chi connectivity index (χ2v) is 9.34. The van der Waals surface area contributed by atoms with Crippen molar-refractivity contribution in [3.05, 3.63) is 138 Å². The van der Waals surface area contributed by atoms with Crippen LogP contribution in [0, 0.1) is 0 Å². The molecule has 0 bridgehead atoms. The van der Waals surface area contributed by atoms with Gasteiger partial charge in [0.15, 0.2) is 0 Å². The molecule has 0 unspecified atom stereocenters. The van der Waals surface area contributed by atoms with Gasteiger partial charge in [0.05, 0.1) is 18.7 Å². The van der Waals surface area contributed by atoms with Crippen LogP contribution in [0.15, 0.2) is 115 Å². The van der Waals surface area contributed by atoms with E-state index in [9.17, 15) is 4.79 Å². The Morgan fingerprint density at radius 2 is 1.51 bits per heavy atom. The molecule has 0 aliphatic heterocycles. The highest BCUT2D eigenvalue weighted by atomic mass is 16.5. The van der Waals surface area contributed by atoms with Gasteiger partial charge in [-0.1, -0.05) is 66.7 Å². The molecule has 0 saturated heterocycles. The van der Waals surface area contributed by atoms with Crippen LogP contribution < -0.4 is 4.74 Å². The van der Waals surface area contributed by atoms with Crippen LogP contribution in [0.5, 0.6) is 5.75 Å². The number of nitrogens with zero attached hydrogens (tertiary/aromatic N) is 1. The quantitative estimate of drug-likeness (QED) is 0.142. The van der Waals surface area contributed by atoms with Gasteiger partial charge >= 0.3 is 5.97 Å². The number of aryl methyl sites for hydroxylation is 2. The number of aliphatic carboxylic acids is 1. The molecule has 5 heteroatoms. The minimum Gasteiger partial charge on any atom is -0.491 e. The molecule has 0 aliphatic rings.